The Labute approximate surface area is 159 Å². The number of aromatic nitrogens is 2. The van der Waals surface area contributed by atoms with Gasteiger partial charge >= 0.3 is 0 Å². The lowest BCUT2D eigenvalue weighted by molar-refractivity contribution is 0.477. The monoisotopic (exact) mass is 358 g/mol. The molecule has 3 rings (SSSR count). The Morgan fingerprint density at radius 2 is 1.81 bits per heavy atom. The highest BCUT2D eigenvalue weighted by Crippen LogP contribution is 2.28. The van der Waals surface area contributed by atoms with Gasteiger partial charge in [-0.25, -0.2) is 9.97 Å². The minimum atomic E-state index is 0.586. The quantitative estimate of drug-likeness (QED) is 0.598. The summed E-state index contributed by atoms with van der Waals surface area (Å²) >= 11 is 0. The molecule has 0 N–H and O–H groups in total. The molecule has 1 heterocycles. The fourth-order valence-corrected chi connectivity index (χ4v) is 2.84. The zero-order chi connectivity index (χ0) is 19.2. The van der Waals surface area contributed by atoms with Crippen LogP contribution >= 0.6 is 0 Å². The molecular formula is C22H22N4O. The van der Waals surface area contributed by atoms with Crippen molar-refractivity contribution >= 4 is 11.6 Å². The lowest BCUT2D eigenvalue weighted by atomic mass is 10.1. The Balaban J connectivity index is 1.88. The normalized spacial score (nSPS) is 10.3. The third-order valence-electron chi connectivity index (χ3n) is 4.16. The molecule has 0 saturated carbocycles. The van der Waals surface area contributed by atoms with Crippen molar-refractivity contribution in [2.24, 2.45) is 0 Å². The average Bonchev–Trinajstić information content (AvgIpc) is 2.68. The summed E-state index contributed by atoms with van der Waals surface area (Å²) in [6.07, 6.45) is 4.29. The Bertz CT molecular complexity index is 961. The first kappa shape index (κ1) is 18.4. The van der Waals surface area contributed by atoms with E-state index in [0.29, 0.717) is 17.3 Å². The van der Waals surface area contributed by atoms with Gasteiger partial charge in [0.25, 0.3) is 0 Å². The van der Waals surface area contributed by atoms with Gasteiger partial charge in [0.15, 0.2) is 5.75 Å². The smallest absolute Gasteiger partial charge is 0.230 e. The summed E-state index contributed by atoms with van der Waals surface area (Å²) in [5, 5.41) is 9.21. The lowest BCUT2D eigenvalue weighted by Crippen LogP contribution is -2.21. The highest BCUT2D eigenvalue weighted by atomic mass is 16.5. The fourth-order valence-electron chi connectivity index (χ4n) is 2.84. The van der Waals surface area contributed by atoms with E-state index in [9.17, 15) is 5.26 Å². The largest absolute Gasteiger partial charge is 0.454 e. The molecular weight excluding hydrogens is 336 g/mol. The van der Waals surface area contributed by atoms with Crippen molar-refractivity contribution in [2.45, 2.75) is 27.2 Å². The third kappa shape index (κ3) is 4.42. The number of hydrogen-bond donors (Lipinski definition) is 0. The Hall–Kier alpha value is -3.39. The molecule has 0 amide bonds. The second-order valence-corrected chi connectivity index (χ2v) is 6.40. The summed E-state index contributed by atoms with van der Waals surface area (Å²) in [7, 11) is 0. The molecule has 0 fully saturated rings. The van der Waals surface area contributed by atoms with E-state index in [1.54, 1.807) is 12.4 Å². The number of anilines is 2. The predicted octanol–water partition coefficient (Wildman–Crippen LogP) is 5.31. The van der Waals surface area contributed by atoms with Crippen molar-refractivity contribution in [2.75, 3.05) is 11.4 Å². The number of benzene rings is 2. The summed E-state index contributed by atoms with van der Waals surface area (Å²) in [4.78, 5) is 11.0. The zero-order valence-electron chi connectivity index (χ0n) is 15.8. The highest BCUT2D eigenvalue weighted by Gasteiger charge is 2.15. The Morgan fingerprint density at radius 3 is 2.48 bits per heavy atom. The molecule has 0 unspecified atom stereocenters. The summed E-state index contributed by atoms with van der Waals surface area (Å²) in [6, 6.07) is 15.7. The molecule has 0 saturated heterocycles. The van der Waals surface area contributed by atoms with E-state index in [4.69, 9.17) is 4.74 Å². The molecule has 136 valence electrons. The summed E-state index contributed by atoms with van der Waals surface area (Å²) < 4.78 is 5.83. The molecule has 0 atom stereocenters. The first-order valence-electron chi connectivity index (χ1n) is 8.95. The van der Waals surface area contributed by atoms with Crippen LogP contribution in [-0.2, 0) is 0 Å². The van der Waals surface area contributed by atoms with Crippen molar-refractivity contribution in [1.82, 2.24) is 9.97 Å². The van der Waals surface area contributed by atoms with Gasteiger partial charge < -0.3 is 9.64 Å². The van der Waals surface area contributed by atoms with Crippen LogP contribution in [-0.4, -0.2) is 16.5 Å². The lowest BCUT2D eigenvalue weighted by Gasteiger charge is -2.24. The number of rotatable bonds is 6. The standard InChI is InChI=1S/C22H22N4O/c1-4-10-26(21-12-18(13-23)9-8-17(21)3)22-24-14-20(15-25-22)27-19-7-5-6-16(2)11-19/h5-9,11-12,14-15H,4,10H2,1-3H3. The Kier molecular flexibility index (Phi) is 5.68. The van der Waals surface area contributed by atoms with Gasteiger partial charge in [0.05, 0.1) is 24.0 Å². The van der Waals surface area contributed by atoms with Gasteiger partial charge in [-0.2, -0.15) is 5.26 Å². The van der Waals surface area contributed by atoms with Gasteiger partial charge in [0.1, 0.15) is 5.75 Å². The molecule has 5 heteroatoms. The minimum Gasteiger partial charge on any atom is -0.454 e. The van der Waals surface area contributed by atoms with Crippen LogP contribution in [0.15, 0.2) is 54.9 Å². The van der Waals surface area contributed by atoms with E-state index in [2.05, 4.69) is 23.0 Å². The van der Waals surface area contributed by atoms with Crippen molar-refractivity contribution in [3.63, 3.8) is 0 Å². The van der Waals surface area contributed by atoms with Gasteiger partial charge in [-0.15, -0.1) is 0 Å². The molecule has 0 radical (unpaired) electrons. The Morgan fingerprint density at radius 1 is 1.04 bits per heavy atom. The molecule has 1 aromatic heterocycles. The van der Waals surface area contributed by atoms with Crippen molar-refractivity contribution < 1.29 is 4.74 Å². The average molecular weight is 358 g/mol. The molecule has 0 aliphatic heterocycles. The van der Waals surface area contributed by atoms with Crippen molar-refractivity contribution in [3.05, 3.63) is 71.5 Å². The van der Waals surface area contributed by atoms with Gasteiger partial charge in [-0.05, 0) is 55.7 Å². The fraction of sp³-hybridized carbons (Fsp3) is 0.227. The van der Waals surface area contributed by atoms with Crippen LogP contribution in [0.4, 0.5) is 11.6 Å². The van der Waals surface area contributed by atoms with Crippen LogP contribution in [0.1, 0.15) is 30.0 Å². The molecule has 27 heavy (non-hydrogen) atoms. The molecule has 3 aromatic rings. The maximum atomic E-state index is 9.21. The zero-order valence-corrected chi connectivity index (χ0v) is 15.8. The van der Waals surface area contributed by atoms with Gasteiger partial charge in [0, 0.05) is 12.2 Å². The summed E-state index contributed by atoms with van der Waals surface area (Å²) in [5.74, 6) is 1.93. The summed E-state index contributed by atoms with van der Waals surface area (Å²) in [5.41, 5.74) is 3.78. The second-order valence-electron chi connectivity index (χ2n) is 6.40. The number of hydrogen-bond acceptors (Lipinski definition) is 5. The number of aryl methyl sites for hydroxylation is 2. The molecule has 5 nitrogen and oxygen atoms in total. The molecule has 0 aliphatic carbocycles. The van der Waals surface area contributed by atoms with Crippen LogP contribution in [0.25, 0.3) is 0 Å². The van der Waals surface area contributed by atoms with Crippen molar-refractivity contribution in [1.29, 1.82) is 5.26 Å². The van der Waals surface area contributed by atoms with Gasteiger partial charge in [-0.3, -0.25) is 0 Å². The van der Waals surface area contributed by atoms with E-state index in [-0.39, 0.29) is 0 Å². The van der Waals surface area contributed by atoms with Crippen LogP contribution < -0.4 is 9.64 Å². The summed E-state index contributed by atoms with van der Waals surface area (Å²) in [6.45, 7) is 6.90. The minimum absolute atomic E-state index is 0.586. The SMILES string of the molecule is CCCN(c1ncc(Oc2cccc(C)c2)cn1)c1cc(C#N)ccc1C. The van der Waals surface area contributed by atoms with Gasteiger partial charge in [0.2, 0.25) is 5.95 Å². The van der Waals surface area contributed by atoms with E-state index in [1.165, 1.54) is 0 Å². The van der Waals surface area contributed by atoms with E-state index in [1.807, 2.05) is 61.2 Å². The highest BCUT2D eigenvalue weighted by molar-refractivity contribution is 5.64. The van der Waals surface area contributed by atoms with Crippen molar-refractivity contribution in [3.8, 4) is 17.6 Å². The molecule has 0 bridgehead atoms. The molecule has 2 aromatic carbocycles. The van der Waals surface area contributed by atoms with Gasteiger partial charge in [-0.1, -0.05) is 25.1 Å². The van der Waals surface area contributed by atoms with E-state index < -0.39 is 0 Å². The number of ether oxygens (including phenoxy) is 1. The maximum Gasteiger partial charge on any atom is 0.230 e. The van der Waals surface area contributed by atoms with Crippen LogP contribution in [0.2, 0.25) is 0 Å². The van der Waals surface area contributed by atoms with E-state index in [0.717, 1.165) is 35.5 Å². The van der Waals surface area contributed by atoms with Crippen LogP contribution in [0.3, 0.4) is 0 Å². The molecule has 0 aliphatic rings. The van der Waals surface area contributed by atoms with E-state index >= 15 is 0 Å². The van der Waals surface area contributed by atoms with Crippen LogP contribution in [0, 0.1) is 25.2 Å². The first-order chi connectivity index (χ1) is 13.1. The maximum absolute atomic E-state index is 9.21. The first-order valence-corrected chi connectivity index (χ1v) is 8.95. The third-order valence-corrected chi connectivity index (χ3v) is 4.16. The van der Waals surface area contributed by atoms with Crippen LogP contribution in [0.5, 0.6) is 11.5 Å². The number of nitrogens with zero attached hydrogens (tertiary/aromatic N) is 4. The molecule has 0 spiro atoms. The number of nitriles is 1. The second kappa shape index (κ2) is 8.33. The topological polar surface area (TPSA) is 62.0 Å². The predicted molar refractivity (Wildman–Crippen MR) is 106 cm³/mol.